The Morgan fingerprint density at radius 3 is 2.65 bits per heavy atom. The number of benzene rings is 1. The topological polar surface area (TPSA) is 39.9 Å². The van der Waals surface area contributed by atoms with Gasteiger partial charge in [-0.3, -0.25) is 0 Å². The van der Waals surface area contributed by atoms with Crippen LogP contribution in [0.15, 0.2) is 34.8 Å². The van der Waals surface area contributed by atoms with Gasteiger partial charge in [-0.2, -0.15) is 5.26 Å². The second-order valence-electron chi connectivity index (χ2n) is 4.84. The molecule has 3 nitrogen and oxygen atoms in total. The zero-order chi connectivity index (χ0) is 14.7. The summed E-state index contributed by atoms with van der Waals surface area (Å²) in [5.74, 6) is 0.737. The Balaban J connectivity index is 2.37. The SMILES string of the molecule is Cc1cc(C)c(C#N)c(N(C)Cc2ccccc2Br)n1. The van der Waals surface area contributed by atoms with Crippen LogP contribution in [0.2, 0.25) is 0 Å². The van der Waals surface area contributed by atoms with Crippen molar-refractivity contribution in [1.29, 1.82) is 5.26 Å². The first kappa shape index (κ1) is 14.5. The maximum atomic E-state index is 9.33. The molecule has 1 aromatic heterocycles. The van der Waals surface area contributed by atoms with Gasteiger partial charge >= 0.3 is 0 Å². The Hall–Kier alpha value is -1.86. The van der Waals surface area contributed by atoms with E-state index in [2.05, 4.69) is 33.0 Å². The van der Waals surface area contributed by atoms with Crippen molar-refractivity contribution in [3.63, 3.8) is 0 Å². The molecule has 1 heterocycles. The lowest BCUT2D eigenvalue weighted by Crippen LogP contribution is -2.20. The Morgan fingerprint density at radius 2 is 2.00 bits per heavy atom. The number of rotatable bonds is 3. The molecule has 4 heteroatoms. The maximum Gasteiger partial charge on any atom is 0.147 e. The molecule has 0 N–H and O–H groups in total. The third kappa shape index (κ3) is 3.00. The predicted molar refractivity (Wildman–Crippen MR) is 84.7 cm³/mol. The van der Waals surface area contributed by atoms with Crippen molar-refractivity contribution in [2.24, 2.45) is 0 Å². The van der Waals surface area contributed by atoms with Crippen molar-refractivity contribution >= 4 is 21.7 Å². The van der Waals surface area contributed by atoms with E-state index < -0.39 is 0 Å². The number of aromatic nitrogens is 1. The van der Waals surface area contributed by atoms with Crippen LogP contribution in [0.25, 0.3) is 0 Å². The van der Waals surface area contributed by atoms with E-state index in [-0.39, 0.29) is 0 Å². The van der Waals surface area contributed by atoms with E-state index in [1.54, 1.807) is 0 Å². The predicted octanol–water partition coefficient (Wildman–Crippen LogP) is 3.97. The molecule has 0 bridgehead atoms. The average molecular weight is 330 g/mol. The second kappa shape index (κ2) is 6.06. The van der Waals surface area contributed by atoms with Crippen molar-refractivity contribution in [1.82, 2.24) is 4.98 Å². The van der Waals surface area contributed by atoms with Gasteiger partial charge in [0.05, 0.1) is 5.56 Å². The van der Waals surface area contributed by atoms with Crippen LogP contribution in [0.3, 0.4) is 0 Å². The highest BCUT2D eigenvalue weighted by molar-refractivity contribution is 9.10. The van der Waals surface area contributed by atoms with Gasteiger partial charge in [0.1, 0.15) is 11.9 Å². The zero-order valence-corrected chi connectivity index (χ0v) is 13.4. The largest absolute Gasteiger partial charge is 0.354 e. The minimum atomic E-state index is 0.644. The van der Waals surface area contributed by atoms with Gasteiger partial charge in [-0.05, 0) is 37.1 Å². The third-order valence-corrected chi connectivity index (χ3v) is 3.94. The van der Waals surface area contributed by atoms with Gasteiger partial charge in [0, 0.05) is 23.8 Å². The molecule has 0 fully saturated rings. The van der Waals surface area contributed by atoms with Crippen molar-refractivity contribution in [3.8, 4) is 6.07 Å². The molecule has 0 atom stereocenters. The first-order valence-electron chi connectivity index (χ1n) is 6.36. The summed E-state index contributed by atoms with van der Waals surface area (Å²) in [7, 11) is 1.96. The molecule has 1 aromatic carbocycles. The summed E-state index contributed by atoms with van der Waals surface area (Å²) >= 11 is 3.55. The highest BCUT2D eigenvalue weighted by atomic mass is 79.9. The van der Waals surface area contributed by atoms with E-state index in [1.165, 1.54) is 5.56 Å². The number of nitriles is 1. The quantitative estimate of drug-likeness (QED) is 0.855. The summed E-state index contributed by atoms with van der Waals surface area (Å²) in [5.41, 5.74) is 3.70. The maximum absolute atomic E-state index is 9.33. The molecule has 0 saturated carbocycles. The van der Waals surface area contributed by atoms with Crippen molar-refractivity contribution in [2.45, 2.75) is 20.4 Å². The van der Waals surface area contributed by atoms with Gasteiger partial charge in [0.25, 0.3) is 0 Å². The zero-order valence-electron chi connectivity index (χ0n) is 11.8. The lowest BCUT2D eigenvalue weighted by atomic mass is 10.1. The van der Waals surface area contributed by atoms with E-state index >= 15 is 0 Å². The summed E-state index contributed by atoms with van der Waals surface area (Å²) < 4.78 is 1.06. The number of hydrogen-bond donors (Lipinski definition) is 0. The van der Waals surface area contributed by atoms with E-state index in [9.17, 15) is 5.26 Å². The normalized spacial score (nSPS) is 10.2. The molecule has 0 unspecified atom stereocenters. The van der Waals surface area contributed by atoms with Crippen LogP contribution >= 0.6 is 15.9 Å². The molecule has 0 aliphatic heterocycles. The number of hydrogen-bond acceptors (Lipinski definition) is 3. The van der Waals surface area contributed by atoms with Gasteiger partial charge in [-0.15, -0.1) is 0 Å². The van der Waals surface area contributed by atoms with Gasteiger partial charge in [0.2, 0.25) is 0 Å². The minimum Gasteiger partial charge on any atom is -0.354 e. The van der Waals surface area contributed by atoms with E-state index in [0.29, 0.717) is 12.1 Å². The molecule has 0 aliphatic carbocycles. The smallest absolute Gasteiger partial charge is 0.147 e. The molecular weight excluding hydrogens is 314 g/mol. The molecule has 0 saturated heterocycles. The van der Waals surface area contributed by atoms with Crippen LogP contribution in [0, 0.1) is 25.2 Å². The molecular formula is C16H16BrN3. The van der Waals surface area contributed by atoms with Crippen LogP contribution in [0.5, 0.6) is 0 Å². The lowest BCUT2D eigenvalue weighted by Gasteiger charge is -2.21. The van der Waals surface area contributed by atoms with Gasteiger partial charge < -0.3 is 4.90 Å². The van der Waals surface area contributed by atoms with E-state index in [0.717, 1.165) is 21.5 Å². The van der Waals surface area contributed by atoms with Crippen molar-refractivity contribution < 1.29 is 0 Å². The number of halogens is 1. The highest BCUT2D eigenvalue weighted by Crippen LogP contribution is 2.24. The van der Waals surface area contributed by atoms with E-state index in [1.807, 2.05) is 50.1 Å². The fraction of sp³-hybridized carbons (Fsp3) is 0.250. The average Bonchev–Trinajstić information content (AvgIpc) is 2.40. The van der Waals surface area contributed by atoms with E-state index in [4.69, 9.17) is 0 Å². The van der Waals surface area contributed by atoms with Crippen LogP contribution in [-0.2, 0) is 6.54 Å². The Morgan fingerprint density at radius 1 is 1.30 bits per heavy atom. The first-order chi connectivity index (χ1) is 9.52. The molecule has 2 aromatic rings. The first-order valence-corrected chi connectivity index (χ1v) is 7.15. The molecule has 20 heavy (non-hydrogen) atoms. The summed E-state index contributed by atoms with van der Waals surface area (Å²) in [5, 5.41) is 9.33. The van der Waals surface area contributed by atoms with Crippen LogP contribution in [0.4, 0.5) is 5.82 Å². The standard InChI is InChI=1S/C16H16BrN3/c1-11-8-12(2)19-16(14(11)9-18)20(3)10-13-6-4-5-7-15(13)17/h4-8H,10H2,1-3H3. The fourth-order valence-corrected chi connectivity index (χ4v) is 2.60. The monoisotopic (exact) mass is 329 g/mol. The second-order valence-corrected chi connectivity index (χ2v) is 5.69. The number of aryl methyl sites for hydroxylation is 2. The number of pyridine rings is 1. The molecule has 102 valence electrons. The van der Waals surface area contributed by atoms with Gasteiger partial charge in [-0.25, -0.2) is 4.98 Å². The minimum absolute atomic E-state index is 0.644. The van der Waals surface area contributed by atoms with Gasteiger partial charge in [-0.1, -0.05) is 34.1 Å². The third-order valence-electron chi connectivity index (χ3n) is 3.16. The summed E-state index contributed by atoms with van der Waals surface area (Å²) in [6, 6.07) is 12.3. The van der Waals surface area contributed by atoms with Crippen LogP contribution in [0.1, 0.15) is 22.4 Å². The highest BCUT2D eigenvalue weighted by Gasteiger charge is 2.13. The molecule has 0 spiro atoms. The molecule has 2 rings (SSSR count). The Labute approximate surface area is 128 Å². The summed E-state index contributed by atoms with van der Waals surface area (Å²) in [4.78, 5) is 6.53. The van der Waals surface area contributed by atoms with Crippen LogP contribution in [-0.4, -0.2) is 12.0 Å². The summed E-state index contributed by atoms with van der Waals surface area (Å²) in [6.07, 6.45) is 0. The Bertz CT molecular complexity index is 674. The summed E-state index contributed by atoms with van der Waals surface area (Å²) in [6.45, 7) is 4.60. The van der Waals surface area contributed by atoms with Crippen LogP contribution < -0.4 is 4.90 Å². The Kier molecular flexibility index (Phi) is 4.41. The molecule has 0 radical (unpaired) electrons. The molecule has 0 amide bonds. The number of anilines is 1. The lowest BCUT2D eigenvalue weighted by molar-refractivity contribution is 0.883. The van der Waals surface area contributed by atoms with Crippen molar-refractivity contribution in [2.75, 3.05) is 11.9 Å². The molecule has 0 aliphatic rings. The van der Waals surface area contributed by atoms with Gasteiger partial charge in [0.15, 0.2) is 0 Å². The number of nitrogens with zero attached hydrogens (tertiary/aromatic N) is 3. The fourth-order valence-electron chi connectivity index (χ4n) is 2.19. The van der Waals surface area contributed by atoms with Crippen molar-refractivity contribution in [3.05, 3.63) is 57.2 Å².